The molecule has 9 nitrogen and oxygen atoms in total. The van der Waals surface area contributed by atoms with Gasteiger partial charge in [-0.25, -0.2) is 12.7 Å². The van der Waals surface area contributed by atoms with Crippen LogP contribution >= 0.6 is 0 Å². The quantitative estimate of drug-likeness (QED) is 0.473. The van der Waals surface area contributed by atoms with E-state index in [1.54, 1.807) is 15.9 Å². The second-order valence-electron chi connectivity index (χ2n) is 7.36. The highest BCUT2D eigenvalue weighted by atomic mass is 32.2. The molecule has 2 N–H and O–H groups in total. The Morgan fingerprint density at radius 3 is 2.54 bits per heavy atom. The average molecular weight is 414 g/mol. The van der Waals surface area contributed by atoms with Crippen LogP contribution in [-0.4, -0.2) is 85.4 Å². The first-order chi connectivity index (χ1) is 13.3. The van der Waals surface area contributed by atoms with Gasteiger partial charge < -0.3 is 15.5 Å². The van der Waals surface area contributed by atoms with Gasteiger partial charge in [0.25, 0.3) is 0 Å². The molecule has 0 aliphatic carbocycles. The van der Waals surface area contributed by atoms with E-state index in [2.05, 4.69) is 20.6 Å². The zero-order valence-corrected chi connectivity index (χ0v) is 18.5. The molecule has 1 aromatic rings. The van der Waals surface area contributed by atoms with Crippen LogP contribution in [0.4, 0.5) is 0 Å². The first-order valence-corrected chi connectivity index (χ1v) is 11.5. The lowest BCUT2D eigenvalue weighted by molar-refractivity contribution is 0.301. The molecular weight excluding hydrogens is 378 g/mol. The Balaban J connectivity index is 1.98. The van der Waals surface area contributed by atoms with Crippen molar-refractivity contribution < 1.29 is 8.42 Å². The van der Waals surface area contributed by atoms with Crippen LogP contribution in [0, 0.1) is 0 Å². The van der Waals surface area contributed by atoms with Crippen LogP contribution in [0.15, 0.2) is 17.4 Å². The van der Waals surface area contributed by atoms with Gasteiger partial charge in [0.2, 0.25) is 10.0 Å². The Hall–Kier alpha value is -1.65. The molecule has 10 heteroatoms. The van der Waals surface area contributed by atoms with E-state index in [0.717, 1.165) is 30.9 Å². The Labute approximate surface area is 169 Å². The number of aryl methyl sites for hydroxylation is 1. The third-order valence-electron chi connectivity index (χ3n) is 5.05. The predicted octanol–water partition coefficient (Wildman–Crippen LogP) is 0.392. The summed E-state index contributed by atoms with van der Waals surface area (Å²) in [5.74, 6) is 0.935. The molecule has 1 fully saturated rings. The highest BCUT2D eigenvalue weighted by Crippen LogP contribution is 2.18. The summed E-state index contributed by atoms with van der Waals surface area (Å²) in [6.07, 6.45) is 5.46. The molecule has 1 atom stereocenters. The molecule has 0 bridgehead atoms. The van der Waals surface area contributed by atoms with Crippen LogP contribution in [0.2, 0.25) is 0 Å². The average Bonchev–Trinajstić information content (AvgIpc) is 3.08. The van der Waals surface area contributed by atoms with Crippen LogP contribution in [-0.2, 0) is 17.1 Å². The number of nitrogens with one attached hydrogen (secondary N) is 2. The van der Waals surface area contributed by atoms with Crippen molar-refractivity contribution in [2.45, 2.75) is 38.8 Å². The van der Waals surface area contributed by atoms with E-state index >= 15 is 0 Å². The van der Waals surface area contributed by atoms with Gasteiger partial charge in [-0.3, -0.25) is 9.67 Å². The van der Waals surface area contributed by atoms with Crippen LogP contribution in [0.25, 0.3) is 0 Å². The van der Waals surface area contributed by atoms with E-state index in [-0.39, 0.29) is 17.8 Å². The number of piperidine rings is 1. The summed E-state index contributed by atoms with van der Waals surface area (Å²) in [7, 11) is 2.89. The largest absolute Gasteiger partial charge is 0.357 e. The maximum Gasteiger partial charge on any atom is 0.213 e. The van der Waals surface area contributed by atoms with Crippen LogP contribution in [0.5, 0.6) is 0 Å². The van der Waals surface area contributed by atoms with E-state index in [1.807, 2.05) is 40.5 Å². The molecule has 2 heterocycles. The number of rotatable bonds is 8. The number of guanidine groups is 1. The lowest BCUT2D eigenvalue weighted by atomic mass is 10.1. The third kappa shape index (κ3) is 6.18. The topological polar surface area (TPSA) is 94.9 Å². The standard InChI is InChI=1S/C18H35N7O2S/c1-6-19-18(20-13-17(23(3)4)15-12-21-24(5)14-15)22-16-8-10-25(11-9-16)28(26,27)7-2/h12,14,16-17H,6-11,13H2,1-5H3,(H2,19,20,22). The molecule has 1 unspecified atom stereocenters. The van der Waals surface area contributed by atoms with E-state index in [1.165, 1.54) is 0 Å². The Morgan fingerprint density at radius 2 is 2.04 bits per heavy atom. The first kappa shape index (κ1) is 22.6. The number of sulfonamides is 1. The van der Waals surface area contributed by atoms with Gasteiger partial charge in [0.1, 0.15) is 0 Å². The van der Waals surface area contributed by atoms with Gasteiger partial charge in [0, 0.05) is 44.5 Å². The molecule has 0 amide bonds. The molecule has 1 saturated heterocycles. The Morgan fingerprint density at radius 1 is 1.36 bits per heavy atom. The molecule has 2 rings (SSSR count). The zero-order valence-electron chi connectivity index (χ0n) is 17.7. The summed E-state index contributed by atoms with van der Waals surface area (Å²) in [6, 6.07) is 0.359. The summed E-state index contributed by atoms with van der Waals surface area (Å²) in [4.78, 5) is 6.92. The fourth-order valence-electron chi connectivity index (χ4n) is 3.33. The normalized spacial score (nSPS) is 18.4. The van der Waals surface area contributed by atoms with Gasteiger partial charge in [-0.2, -0.15) is 5.10 Å². The van der Waals surface area contributed by atoms with Crippen molar-refractivity contribution in [3.8, 4) is 0 Å². The minimum atomic E-state index is -3.10. The maximum absolute atomic E-state index is 12.0. The van der Waals surface area contributed by atoms with Gasteiger partial charge >= 0.3 is 0 Å². The smallest absolute Gasteiger partial charge is 0.213 e. The number of nitrogens with zero attached hydrogens (tertiary/aromatic N) is 5. The Bertz CT molecular complexity index is 737. The van der Waals surface area contributed by atoms with Crippen molar-refractivity contribution >= 4 is 16.0 Å². The second kappa shape index (κ2) is 10.2. The van der Waals surface area contributed by atoms with Gasteiger partial charge in [0.15, 0.2) is 5.96 Å². The van der Waals surface area contributed by atoms with E-state index in [0.29, 0.717) is 19.6 Å². The zero-order chi connectivity index (χ0) is 20.7. The number of hydrogen-bond donors (Lipinski definition) is 2. The molecule has 0 aromatic carbocycles. The minimum Gasteiger partial charge on any atom is -0.357 e. The molecule has 0 radical (unpaired) electrons. The molecule has 0 spiro atoms. The highest BCUT2D eigenvalue weighted by Gasteiger charge is 2.27. The molecule has 1 aromatic heterocycles. The number of aliphatic imine (C=N–C) groups is 1. The lowest BCUT2D eigenvalue weighted by Gasteiger charge is -2.32. The maximum atomic E-state index is 12.0. The fourth-order valence-corrected chi connectivity index (χ4v) is 4.46. The summed E-state index contributed by atoms with van der Waals surface area (Å²) in [5, 5.41) is 11.0. The Kier molecular flexibility index (Phi) is 8.26. The van der Waals surface area contributed by atoms with Crippen molar-refractivity contribution in [1.82, 2.24) is 29.6 Å². The van der Waals surface area contributed by atoms with E-state index < -0.39 is 10.0 Å². The van der Waals surface area contributed by atoms with Crippen molar-refractivity contribution in [2.24, 2.45) is 12.0 Å². The first-order valence-electron chi connectivity index (χ1n) is 9.94. The number of aromatic nitrogens is 2. The summed E-state index contributed by atoms with van der Waals surface area (Å²) in [6.45, 7) is 6.23. The summed E-state index contributed by atoms with van der Waals surface area (Å²) < 4.78 is 27.4. The van der Waals surface area contributed by atoms with Crippen molar-refractivity contribution in [1.29, 1.82) is 0 Å². The van der Waals surface area contributed by atoms with Crippen molar-refractivity contribution in [2.75, 3.05) is 46.0 Å². The molecule has 1 aliphatic rings. The number of hydrogen-bond acceptors (Lipinski definition) is 5. The molecule has 28 heavy (non-hydrogen) atoms. The lowest BCUT2D eigenvalue weighted by Crippen LogP contribution is -2.50. The minimum absolute atomic E-state index is 0.140. The summed E-state index contributed by atoms with van der Waals surface area (Å²) in [5.41, 5.74) is 1.13. The van der Waals surface area contributed by atoms with Gasteiger partial charge in [-0.15, -0.1) is 0 Å². The molecule has 1 aliphatic heterocycles. The highest BCUT2D eigenvalue weighted by molar-refractivity contribution is 7.89. The summed E-state index contributed by atoms with van der Waals surface area (Å²) >= 11 is 0. The van der Waals surface area contributed by atoms with Gasteiger partial charge in [-0.05, 0) is 40.8 Å². The van der Waals surface area contributed by atoms with Crippen LogP contribution in [0.1, 0.15) is 38.3 Å². The second-order valence-corrected chi connectivity index (χ2v) is 9.62. The van der Waals surface area contributed by atoms with E-state index in [4.69, 9.17) is 4.99 Å². The molecular formula is C18H35N7O2S. The SMILES string of the molecule is CCNC(=NCC(c1cnn(C)c1)N(C)C)NC1CCN(S(=O)(=O)CC)CC1. The fraction of sp³-hybridized carbons (Fsp3) is 0.778. The van der Waals surface area contributed by atoms with Crippen LogP contribution < -0.4 is 10.6 Å². The van der Waals surface area contributed by atoms with Crippen molar-refractivity contribution in [3.63, 3.8) is 0 Å². The third-order valence-corrected chi connectivity index (χ3v) is 6.93. The van der Waals surface area contributed by atoms with Gasteiger partial charge in [0.05, 0.1) is 24.5 Å². The molecule has 160 valence electrons. The monoisotopic (exact) mass is 413 g/mol. The van der Waals surface area contributed by atoms with Crippen molar-refractivity contribution in [3.05, 3.63) is 18.0 Å². The van der Waals surface area contributed by atoms with E-state index in [9.17, 15) is 8.42 Å². The predicted molar refractivity (Wildman–Crippen MR) is 113 cm³/mol. The number of likely N-dealkylation sites (N-methyl/N-ethyl adjacent to an activating group) is 1. The van der Waals surface area contributed by atoms with Gasteiger partial charge in [-0.1, -0.05) is 0 Å². The van der Waals surface area contributed by atoms with Crippen LogP contribution in [0.3, 0.4) is 0 Å². The molecule has 0 saturated carbocycles.